The highest BCUT2D eigenvalue weighted by Crippen LogP contribution is 2.38. The zero-order chi connectivity index (χ0) is 25.4. The van der Waals surface area contributed by atoms with Crippen LogP contribution in [0.1, 0.15) is 36.6 Å². The maximum Gasteiger partial charge on any atom is 0.267 e. The fourth-order valence-corrected chi connectivity index (χ4v) is 6.17. The Morgan fingerprint density at radius 3 is 2.50 bits per heavy atom. The van der Waals surface area contributed by atoms with Gasteiger partial charge in [0.05, 0.1) is 16.5 Å². The van der Waals surface area contributed by atoms with Gasteiger partial charge >= 0.3 is 0 Å². The summed E-state index contributed by atoms with van der Waals surface area (Å²) in [6.45, 7) is 10.4. The maximum absolute atomic E-state index is 13.8. The summed E-state index contributed by atoms with van der Waals surface area (Å²) in [5.41, 5.74) is 2.82. The molecule has 3 aromatic rings. The Balaban J connectivity index is 1.58. The lowest BCUT2D eigenvalue weighted by molar-refractivity contribution is -0.123. The second kappa shape index (κ2) is 10.2. The molecule has 2 aliphatic rings. The summed E-state index contributed by atoms with van der Waals surface area (Å²) in [5, 5.41) is 0. The van der Waals surface area contributed by atoms with E-state index in [4.69, 9.17) is 17.2 Å². The summed E-state index contributed by atoms with van der Waals surface area (Å²) in [5.74, 6) is 0.447. The number of amides is 1. The molecule has 4 heterocycles. The molecule has 1 atom stereocenters. The summed E-state index contributed by atoms with van der Waals surface area (Å²) in [7, 11) is 0. The van der Waals surface area contributed by atoms with Crippen LogP contribution in [0.25, 0.3) is 11.7 Å². The van der Waals surface area contributed by atoms with Crippen LogP contribution >= 0.6 is 24.0 Å². The van der Waals surface area contributed by atoms with E-state index in [0.717, 1.165) is 43.9 Å². The molecule has 5 rings (SSSR count). The van der Waals surface area contributed by atoms with Crippen molar-refractivity contribution in [1.82, 2.24) is 19.2 Å². The second-order valence-electron chi connectivity index (χ2n) is 9.10. The number of piperazine rings is 1. The lowest BCUT2D eigenvalue weighted by Gasteiger charge is -2.35. The van der Waals surface area contributed by atoms with Gasteiger partial charge in [0.25, 0.3) is 11.5 Å². The molecule has 0 bridgehead atoms. The lowest BCUT2D eigenvalue weighted by atomic mass is 10.1. The number of thioether (sulfide) groups is 1. The minimum absolute atomic E-state index is 0.182. The van der Waals surface area contributed by atoms with E-state index in [1.807, 2.05) is 56.3 Å². The van der Waals surface area contributed by atoms with Crippen LogP contribution in [0.4, 0.5) is 5.82 Å². The smallest absolute Gasteiger partial charge is 0.267 e. The van der Waals surface area contributed by atoms with Crippen molar-refractivity contribution in [1.29, 1.82) is 0 Å². The largest absolute Gasteiger partial charge is 0.353 e. The van der Waals surface area contributed by atoms with E-state index in [1.54, 1.807) is 21.6 Å². The van der Waals surface area contributed by atoms with Gasteiger partial charge in [-0.15, -0.1) is 0 Å². The number of thiocarbonyl (C=S) groups is 1. The van der Waals surface area contributed by atoms with Crippen molar-refractivity contribution >= 4 is 51.7 Å². The molecule has 0 aliphatic carbocycles. The van der Waals surface area contributed by atoms with E-state index in [2.05, 4.69) is 16.7 Å². The van der Waals surface area contributed by atoms with Gasteiger partial charge in [-0.1, -0.05) is 67.3 Å². The molecule has 1 amide bonds. The Morgan fingerprint density at radius 2 is 1.81 bits per heavy atom. The highest BCUT2D eigenvalue weighted by atomic mass is 32.2. The van der Waals surface area contributed by atoms with Crippen molar-refractivity contribution in [2.45, 2.75) is 26.8 Å². The van der Waals surface area contributed by atoms with Gasteiger partial charge in [0.1, 0.15) is 15.8 Å². The Bertz CT molecular complexity index is 1410. The topological polar surface area (TPSA) is 61.2 Å². The van der Waals surface area contributed by atoms with Crippen LogP contribution in [0.15, 0.2) is 58.4 Å². The van der Waals surface area contributed by atoms with Gasteiger partial charge < -0.3 is 9.80 Å². The van der Waals surface area contributed by atoms with Gasteiger partial charge in [-0.05, 0) is 43.7 Å². The molecule has 2 aliphatic heterocycles. The molecule has 2 aromatic heterocycles. The number of benzene rings is 1. The lowest BCUT2D eigenvalue weighted by Crippen LogP contribution is -2.47. The zero-order valence-electron chi connectivity index (χ0n) is 20.7. The number of hydrogen-bond acceptors (Lipinski definition) is 7. The van der Waals surface area contributed by atoms with Crippen LogP contribution in [0.2, 0.25) is 0 Å². The van der Waals surface area contributed by atoms with Crippen LogP contribution in [0.3, 0.4) is 0 Å². The molecule has 7 nitrogen and oxygen atoms in total. The number of aryl methyl sites for hydroxylation is 1. The van der Waals surface area contributed by atoms with Crippen LogP contribution < -0.4 is 10.5 Å². The molecule has 186 valence electrons. The third-order valence-electron chi connectivity index (χ3n) is 6.95. The zero-order valence-corrected chi connectivity index (χ0v) is 22.3. The fraction of sp³-hybridized carbons (Fsp3) is 0.333. The van der Waals surface area contributed by atoms with Crippen molar-refractivity contribution in [2.75, 3.05) is 37.6 Å². The Morgan fingerprint density at radius 1 is 1.08 bits per heavy atom. The van der Waals surface area contributed by atoms with Crippen molar-refractivity contribution < 1.29 is 4.79 Å². The summed E-state index contributed by atoms with van der Waals surface area (Å²) in [6, 6.07) is 13.4. The van der Waals surface area contributed by atoms with E-state index < -0.39 is 0 Å². The Hall–Kier alpha value is -3.01. The fourth-order valence-electron chi connectivity index (χ4n) is 4.77. The van der Waals surface area contributed by atoms with Crippen molar-refractivity contribution in [3.05, 3.63) is 80.6 Å². The van der Waals surface area contributed by atoms with Crippen molar-refractivity contribution in [2.24, 2.45) is 0 Å². The standard InChI is InChI=1S/C27H29N5O2S2/c1-4-29-13-15-30(16-14-29)24-21(25(33)31-12-8-9-18(2)23(31)28-24)17-22-26(34)32(27(35)36-22)19(3)20-10-6-5-7-11-20/h5-12,17,19H,4,13-16H2,1-3H3. The molecular formula is C27H29N5O2S2. The number of carbonyl (C=O) groups excluding carboxylic acids is 1. The number of rotatable bonds is 5. The summed E-state index contributed by atoms with van der Waals surface area (Å²) >= 11 is 6.85. The molecule has 9 heteroatoms. The molecule has 36 heavy (non-hydrogen) atoms. The molecule has 1 aromatic carbocycles. The predicted octanol–water partition coefficient (Wildman–Crippen LogP) is 4.11. The molecule has 0 radical (unpaired) electrons. The maximum atomic E-state index is 13.8. The van der Waals surface area contributed by atoms with Crippen molar-refractivity contribution in [3.8, 4) is 0 Å². The first-order chi connectivity index (χ1) is 17.4. The van der Waals surface area contributed by atoms with Crippen LogP contribution in [0, 0.1) is 6.92 Å². The van der Waals surface area contributed by atoms with E-state index in [0.29, 0.717) is 26.3 Å². The molecule has 0 spiro atoms. The number of anilines is 1. The normalized spacial score (nSPS) is 19.0. The van der Waals surface area contributed by atoms with E-state index in [1.165, 1.54) is 11.8 Å². The quantitative estimate of drug-likeness (QED) is 0.371. The SMILES string of the molecule is CCN1CCN(c2nc3c(C)cccn3c(=O)c2C=C2SC(=S)N(C(C)c3ccccc3)C2=O)CC1. The third kappa shape index (κ3) is 4.47. The minimum Gasteiger partial charge on any atom is -0.353 e. The summed E-state index contributed by atoms with van der Waals surface area (Å²) < 4.78 is 2.06. The number of aromatic nitrogens is 2. The van der Waals surface area contributed by atoms with Gasteiger partial charge in [-0.2, -0.15) is 0 Å². The first kappa shape index (κ1) is 24.7. The molecule has 2 saturated heterocycles. The van der Waals surface area contributed by atoms with Crippen molar-refractivity contribution in [3.63, 3.8) is 0 Å². The first-order valence-electron chi connectivity index (χ1n) is 12.2. The van der Waals surface area contributed by atoms with E-state index in [-0.39, 0.29) is 17.5 Å². The highest BCUT2D eigenvalue weighted by molar-refractivity contribution is 8.26. The average molecular weight is 520 g/mol. The third-order valence-corrected chi connectivity index (χ3v) is 8.28. The van der Waals surface area contributed by atoms with Crippen LogP contribution in [0.5, 0.6) is 0 Å². The number of likely N-dealkylation sites (N-methyl/N-ethyl adjacent to an activating group) is 1. The second-order valence-corrected chi connectivity index (χ2v) is 10.8. The monoisotopic (exact) mass is 519 g/mol. The highest BCUT2D eigenvalue weighted by Gasteiger charge is 2.36. The number of hydrogen-bond donors (Lipinski definition) is 0. The van der Waals surface area contributed by atoms with E-state index >= 15 is 0 Å². The van der Waals surface area contributed by atoms with Gasteiger partial charge in [0, 0.05) is 32.4 Å². The molecule has 0 N–H and O–H groups in total. The molecule has 1 unspecified atom stereocenters. The number of pyridine rings is 1. The molecule has 0 saturated carbocycles. The van der Waals surface area contributed by atoms with Gasteiger partial charge in [-0.3, -0.25) is 18.9 Å². The number of carbonyl (C=O) groups is 1. The predicted molar refractivity (Wildman–Crippen MR) is 150 cm³/mol. The first-order valence-corrected chi connectivity index (χ1v) is 13.4. The van der Waals surface area contributed by atoms with Crippen LogP contribution in [-0.4, -0.2) is 62.1 Å². The Kier molecular flexibility index (Phi) is 6.96. The van der Waals surface area contributed by atoms with Gasteiger partial charge in [0.15, 0.2) is 0 Å². The summed E-state index contributed by atoms with van der Waals surface area (Å²) in [6.07, 6.45) is 3.43. The van der Waals surface area contributed by atoms with Crippen LogP contribution in [-0.2, 0) is 4.79 Å². The van der Waals surface area contributed by atoms with E-state index in [9.17, 15) is 9.59 Å². The number of nitrogens with zero attached hydrogens (tertiary/aromatic N) is 5. The van der Waals surface area contributed by atoms with Gasteiger partial charge in [0.2, 0.25) is 0 Å². The van der Waals surface area contributed by atoms with Gasteiger partial charge in [-0.25, -0.2) is 4.98 Å². The molecule has 2 fully saturated rings. The Labute approximate surface area is 220 Å². The number of fused-ring (bicyclic) bond motifs is 1. The molecular weight excluding hydrogens is 490 g/mol. The average Bonchev–Trinajstić information content (AvgIpc) is 3.18. The summed E-state index contributed by atoms with van der Waals surface area (Å²) in [4.78, 5) is 38.9. The minimum atomic E-state index is -0.204.